The summed E-state index contributed by atoms with van der Waals surface area (Å²) in [5.41, 5.74) is 2.23. The van der Waals surface area contributed by atoms with Gasteiger partial charge >= 0.3 is 0 Å². The van der Waals surface area contributed by atoms with Gasteiger partial charge in [0.1, 0.15) is 18.5 Å². The van der Waals surface area contributed by atoms with E-state index in [1.54, 1.807) is 0 Å². The first kappa shape index (κ1) is 16.3. The first-order valence-corrected chi connectivity index (χ1v) is 7.82. The van der Waals surface area contributed by atoms with Crippen molar-refractivity contribution in [1.29, 1.82) is 0 Å². The van der Waals surface area contributed by atoms with Crippen LogP contribution in [0.2, 0.25) is 0 Å². The topological polar surface area (TPSA) is 44.7 Å². The predicted molar refractivity (Wildman–Crippen MR) is 85.9 cm³/mol. The number of ether oxygens (including phenoxy) is 1. The number of benzene rings is 1. The summed E-state index contributed by atoms with van der Waals surface area (Å²) in [5, 5.41) is 13.4. The van der Waals surface area contributed by atoms with Gasteiger partial charge in [0.05, 0.1) is 0 Å². The second-order valence-corrected chi connectivity index (χ2v) is 6.26. The lowest BCUT2D eigenvalue weighted by Gasteiger charge is -2.17. The molecule has 0 radical (unpaired) electrons. The summed E-state index contributed by atoms with van der Waals surface area (Å²) >= 11 is 0. The third-order valence-corrected chi connectivity index (χ3v) is 4.13. The molecular weight excluding hydrogens is 264 g/mol. The maximum atomic E-state index is 10.0. The summed E-state index contributed by atoms with van der Waals surface area (Å²) in [4.78, 5) is 2.35. The summed E-state index contributed by atoms with van der Waals surface area (Å²) in [7, 11) is 2.16. The van der Waals surface area contributed by atoms with E-state index in [0.717, 1.165) is 30.0 Å². The van der Waals surface area contributed by atoms with Gasteiger partial charge in [-0.3, -0.25) is 0 Å². The molecule has 2 N–H and O–H groups in total. The number of para-hydroxylation sites is 1. The van der Waals surface area contributed by atoms with Gasteiger partial charge in [0.15, 0.2) is 0 Å². The lowest BCUT2D eigenvalue weighted by Crippen LogP contribution is -2.35. The van der Waals surface area contributed by atoms with Crippen LogP contribution in [0.1, 0.15) is 17.5 Å². The average Bonchev–Trinajstić information content (AvgIpc) is 2.84. The van der Waals surface area contributed by atoms with Gasteiger partial charge in [-0.1, -0.05) is 18.2 Å². The van der Waals surface area contributed by atoms with Crippen molar-refractivity contribution < 1.29 is 9.84 Å². The number of rotatable bonds is 7. The van der Waals surface area contributed by atoms with Crippen molar-refractivity contribution in [2.24, 2.45) is 5.92 Å². The largest absolute Gasteiger partial charge is 0.490 e. The molecule has 1 aromatic rings. The summed E-state index contributed by atoms with van der Waals surface area (Å²) < 4.78 is 5.77. The van der Waals surface area contributed by atoms with E-state index in [9.17, 15) is 5.11 Å². The smallest absolute Gasteiger partial charge is 0.125 e. The van der Waals surface area contributed by atoms with Crippen LogP contribution in [-0.4, -0.2) is 55.9 Å². The molecule has 0 bridgehead atoms. The summed E-state index contributed by atoms with van der Waals surface area (Å²) in [6.45, 7) is 8.30. The van der Waals surface area contributed by atoms with Crippen molar-refractivity contribution in [3.05, 3.63) is 29.3 Å². The van der Waals surface area contributed by atoms with E-state index < -0.39 is 6.10 Å². The zero-order chi connectivity index (χ0) is 15.2. The summed E-state index contributed by atoms with van der Waals surface area (Å²) in [6.07, 6.45) is 0.779. The van der Waals surface area contributed by atoms with E-state index >= 15 is 0 Å². The number of nitrogens with zero attached hydrogens (tertiary/aromatic N) is 1. The summed E-state index contributed by atoms with van der Waals surface area (Å²) in [5.74, 6) is 1.61. The highest BCUT2D eigenvalue weighted by Gasteiger charge is 2.19. The van der Waals surface area contributed by atoms with Crippen molar-refractivity contribution in [3.63, 3.8) is 0 Å². The lowest BCUT2D eigenvalue weighted by atomic mass is 10.1. The van der Waals surface area contributed by atoms with Gasteiger partial charge in [-0.15, -0.1) is 0 Å². The van der Waals surface area contributed by atoms with Crippen LogP contribution < -0.4 is 10.1 Å². The number of nitrogens with one attached hydrogen (secondary N) is 1. The van der Waals surface area contributed by atoms with E-state index in [4.69, 9.17) is 4.74 Å². The highest BCUT2D eigenvalue weighted by molar-refractivity contribution is 5.39. The van der Waals surface area contributed by atoms with Gasteiger partial charge < -0.3 is 20.1 Å². The Labute approximate surface area is 128 Å². The van der Waals surface area contributed by atoms with Gasteiger partial charge in [-0.2, -0.15) is 0 Å². The Morgan fingerprint density at radius 1 is 1.38 bits per heavy atom. The highest BCUT2D eigenvalue weighted by atomic mass is 16.5. The molecule has 2 unspecified atom stereocenters. The fraction of sp³-hybridized carbons (Fsp3) is 0.647. The van der Waals surface area contributed by atoms with Crippen molar-refractivity contribution in [2.45, 2.75) is 26.4 Å². The number of hydrogen-bond acceptors (Lipinski definition) is 4. The molecular formula is C17H28N2O2. The minimum absolute atomic E-state index is 0.337. The van der Waals surface area contributed by atoms with E-state index in [0.29, 0.717) is 19.1 Å². The molecule has 118 valence electrons. The fourth-order valence-electron chi connectivity index (χ4n) is 2.91. The Bertz CT molecular complexity index is 430. The van der Waals surface area contributed by atoms with Gasteiger partial charge in [-0.05, 0) is 57.5 Å². The van der Waals surface area contributed by atoms with Crippen LogP contribution in [0, 0.1) is 19.8 Å². The summed E-state index contributed by atoms with van der Waals surface area (Å²) in [6, 6.07) is 6.08. The van der Waals surface area contributed by atoms with Crippen molar-refractivity contribution in [3.8, 4) is 5.75 Å². The Hall–Kier alpha value is -1.10. The molecule has 0 spiro atoms. The molecule has 1 saturated heterocycles. The number of aliphatic hydroxyl groups is 1. The zero-order valence-corrected chi connectivity index (χ0v) is 13.4. The van der Waals surface area contributed by atoms with Gasteiger partial charge in [-0.25, -0.2) is 0 Å². The average molecular weight is 292 g/mol. The van der Waals surface area contributed by atoms with Crippen LogP contribution in [0.4, 0.5) is 0 Å². The van der Waals surface area contributed by atoms with Crippen LogP contribution in [0.25, 0.3) is 0 Å². The van der Waals surface area contributed by atoms with Gasteiger partial charge in [0.25, 0.3) is 0 Å². The Morgan fingerprint density at radius 3 is 2.71 bits per heavy atom. The minimum Gasteiger partial charge on any atom is -0.490 e. The fourth-order valence-corrected chi connectivity index (χ4v) is 2.91. The van der Waals surface area contributed by atoms with Crippen LogP contribution in [0.3, 0.4) is 0 Å². The molecule has 2 rings (SSSR count). The molecule has 0 aliphatic carbocycles. The van der Waals surface area contributed by atoms with Gasteiger partial charge in [0.2, 0.25) is 0 Å². The molecule has 1 fully saturated rings. The maximum absolute atomic E-state index is 10.0. The molecule has 1 aromatic carbocycles. The molecule has 0 saturated carbocycles. The van der Waals surface area contributed by atoms with Crippen molar-refractivity contribution >= 4 is 0 Å². The lowest BCUT2D eigenvalue weighted by molar-refractivity contribution is 0.105. The van der Waals surface area contributed by atoms with Crippen molar-refractivity contribution in [2.75, 3.05) is 39.8 Å². The van der Waals surface area contributed by atoms with Gasteiger partial charge in [0, 0.05) is 13.1 Å². The normalized spacial score (nSPS) is 20.7. The standard InChI is InChI=1S/C17H28N2O2/c1-13-5-4-6-14(2)17(13)21-12-16(20)10-18-9-15-7-8-19(3)11-15/h4-6,15-16,18,20H,7-12H2,1-3H3. The van der Waals surface area contributed by atoms with Crippen molar-refractivity contribution in [1.82, 2.24) is 10.2 Å². The zero-order valence-electron chi connectivity index (χ0n) is 13.4. The molecule has 1 aliphatic heterocycles. The molecule has 0 amide bonds. The molecule has 2 atom stereocenters. The first-order chi connectivity index (χ1) is 10.1. The van der Waals surface area contributed by atoms with Crippen LogP contribution in [0.15, 0.2) is 18.2 Å². The Kier molecular flexibility index (Phi) is 6.03. The molecule has 21 heavy (non-hydrogen) atoms. The number of aliphatic hydroxyl groups excluding tert-OH is 1. The number of aryl methyl sites for hydroxylation is 2. The number of hydrogen-bond donors (Lipinski definition) is 2. The Morgan fingerprint density at radius 2 is 2.10 bits per heavy atom. The van der Waals surface area contributed by atoms with Crippen LogP contribution in [-0.2, 0) is 0 Å². The maximum Gasteiger partial charge on any atom is 0.125 e. The number of likely N-dealkylation sites (tertiary alicyclic amines) is 1. The molecule has 1 heterocycles. The second kappa shape index (κ2) is 7.78. The van der Waals surface area contributed by atoms with Crippen LogP contribution in [0.5, 0.6) is 5.75 Å². The monoisotopic (exact) mass is 292 g/mol. The third kappa shape index (κ3) is 4.99. The van der Waals surface area contributed by atoms with E-state index in [-0.39, 0.29) is 0 Å². The highest BCUT2D eigenvalue weighted by Crippen LogP contribution is 2.22. The predicted octanol–water partition coefficient (Wildman–Crippen LogP) is 1.58. The van der Waals surface area contributed by atoms with Crippen LogP contribution >= 0.6 is 0 Å². The third-order valence-electron chi connectivity index (χ3n) is 4.13. The Balaban J connectivity index is 1.66. The first-order valence-electron chi connectivity index (χ1n) is 7.82. The SMILES string of the molecule is Cc1cccc(C)c1OCC(O)CNCC1CCN(C)C1. The quantitative estimate of drug-likeness (QED) is 0.801. The molecule has 4 heteroatoms. The van der Waals surface area contributed by atoms with E-state index in [1.165, 1.54) is 13.0 Å². The second-order valence-electron chi connectivity index (χ2n) is 6.26. The molecule has 0 aromatic heterocycles. The molecule has 4 nitrogen and oxygen atoms in total. The van der Waals surface area contributed by atoms with E-state index in [2.05, 4.69) is 17.3 Å². The minimum atomic E-state index is -0.469. The van der Waals surface area contributed by atoms with E-state index in [1.807, 2.05) is 32.0 Å². The molecule has 1 aliphatic rings.